The Morgan fingerprint density at radius 1 is 1.67 bits per heavy atom. The normalized spacial score (nSPS) is 8.75. The topological polar surface area (TPSA) is 79.0 Å². The van der Waals surface area contributed by atoms with Crippen molar-refractivity contribution in [3.8, 4) is 0 Å². The molecule has 12 heavy (non-hydrogen) atoms. The van der Waals surface area contributed by atoms with Gasteiger partial charge in [0, 0.05) is 6.20 Å². The first-order chi connectivity index (χ1) is 5.13. The van der Waals surface area contributed by atoms with Gasteiger partial charge in [-0.05, 0) is 6.07 Å². The molecule has 0 aliphatic carbocycles. The number of hydrogen-bond acceptors (Lipinski definition) is 4. The quantitative estimate of drug-likeness (QED) is 0.493. The Morgan fingerprint density at radius 2 is 2.25 bits per heavy atom. The van der Waals surface area contributed by atoms with Gasteiger partial charge in [-0.1, -0.05) is 11.6 Å². The zero-order chi connectivity index (χ0) is 8.43. The molecule has 0 radical (unpaired) electrons. The van der Waals surface area contributed by atoms with E-state index in [1.807, 2.05) is 0 Å². The van der Waals surface area contributed by atoms with E-state index >= 15 is 0 Å². The molecule has 0 aliphatic heterocycles. The Balaban J connectivity index is 0.00000121. The summed E-state index contributed by atoms with van der Waals surface area (Å²) in [6.07, 6.45) is 1.26. The molecule has 58 valence electrons. The molecule has 0 fully saturated rings. The van der Waals surface area contributed by atoms with Crippen molar-refractivity contribution in [2.24, 2.45) is 0 Å². The number of aromatic nitrogens is 1. The number of carboxylic acid groups (broad SMARTS) is 1. The Bertz CT molecular complexity index is 306. The van der Waals surface area contributed by atoms with Gasteiger partial charge in [0.05, 0.1) is 16.7 Å². The van der Waals surface area contributed by atoms with Crippen LogP contribution in [-0.4, -0.2) is 11.0 Å². The second-order valence-electron chi connectivity index (χ2n) is 1.85. The largest absolute Gasteiger partial charge is 1.00 e. The van der Waals surface area contributed by atoms with E-state index in [-0.39, 0.29) is 67.8 Å². The Labute approximate surface area is 117 Å². The molecule has 0 unspecified atom stereocenters. The van der Waals surface area contributed by atoms with Gasteiger partial charge in [0.1, 0.15) is 5.69 Å². The average molecular weight is 211 g/mol. The predicted molar refractivity (Wildman–Crippen MR) is 38.0 cm³/mol. The van der Waals surface area contributed by atoms with E-state index in [2.05, 4.69) is 4.98 Å². The molecular formula is C6H4ClKN2O2. The van der Waals surface area contributed by atoms with Crippen LogP contribution < -0.4 is 62.2 Å². The predicted octanol–water partition coefficient (Wildman–Crippen LogP) is -3.32. The number of carbonyl (C=O) groups excluding carboxylic acids is 1. The summed E-state index contributed by atoms with van der Waals surface area (Å²) < 4.78 is 0. The molecule has 1 rings (SSSR count). The number of carboxylic acids is 1. The zero-order valence-electron chi connectivity index (χ0n) is 6.37. The number of carbonyl (C=O) groups is 1. The Morgan fingerprint density at radius 3 is 2.67 bits per heavy atom. The molecule has 2 N–H and O–H groups in total. The molecule has 1 aromatic rings. The first-order valence-electron chi connectivity index (χ1n) is 2.74. The maximum atomic E-state index is 10.3. The third-order valence-corrected chi connectivity index (χ3v) is 1.51. The summed E-state index contributed by atoms with van der Waals surface area (Å²) in [6.45, 7) is 0. The number of nitrogens with two attached hydrogens (primary N) is 1. The van der Waals surface area contributed by atoms with Crippen LogP contribution in [0.1, 0.15) is 10.5 Å². The van der Waals surface area contributed by atoms with Crippen molar-refractivity contribution in [1.82, 2.24) is 4.98 Å². The van der Waals surface area contributed by atoms with E-state index in [0.717, 1.165) is 0 Å². The molecule has 0 bridgehead atoms. The smallest absolute Gasteiger partial charge is 0.543 e. The summed E-state index contributed by atoms with van der Waals surface area (Å²) in [4.78, 5) is 13.7. The molecule has 4 nitrogen and oxygen atoms in total. The molecule has 1 aromatic heterocycles. The van der Waals surface area contributed by atoms with Crippen molar-refractivity contribution in [1.29, 1.82) is 0 Å². The minimum absolute atomic E-state index is 0. The average Bonchev–Trinajstić information content (AvgIpc) is 1.94. The number of halogens is 1. The number of nitrogens with zero attached hydrogens (tertiary/aromatic N) is 1. The Hall–Kier alpha value is 0.346. The fraction of sp³-hybridized carbons (Fsp3) is 0. The number of rotatable bonds is 1. The zero-order valence-corrected chi connectivity index (χ0v) is 10.3. The second kappa shape index (κ2) is 5.16. The third kappa shape index (κ3) is 2.69. The van der Waals surface area contributed by atoms with Crippen LogP contribution in [0.2, 0.25) is 5.02 Å². The number of nitrogen functional groups attached to an aromatic ring is 1. The van der Waals surface area contributed by atoms with E-state index in [0.29, 0.717) is 0 Å². The first kappa shape index (κ1) is 12.3. The van der Waals surface area contributed by atoms with E-state index in [1.165, 1.54) is 12.3 Å². The fourth-order valence-electron chi connectivity index (χ4n) is 0.601. The van der Waals surface area contributed by atoms with Crippen LogP contribution in [-0.2, 0) is 0 Å². The summed E-state index contributed by atoms with van der Waals surface area (Å²) in [5.74, 6) is -1.43. The summed E-state index contributed by atoms with van der Waals surface area (Å²) >= 11 is 5.48. The van der Waals surface area contributed by atoms with E-state index < -0.39 is 5.97 Å². The van der Waals surface area contributed by atoms with E-state index in [4.69, 9.17) is 17.3 Å². The maximum absolute atomic E-state index is 10.3. The number of pyridine rings is 1. The van der Waals surface area contributed by atoms with Gasteiger partial charge in [-0.2, -0.15) is 0 Å². The van der Waals surface area contributed by atoms with Crippen molar-refractivity contribution in [3.63, 3.8) is 0 Å². The Kier molecular flexibility index (Phi) is 5.31. The van der Waals surface area contributed by atoms with Crippen molar-refractivity contribution < 1.29 is 61.3 Å². The van der Waals surface area contributed by atoms with Gasteiger partial charge in [0.2, 0.25) is 0 Å². The molecule has 0 saturated carbocycles. The van der Waals surface area contributed by atoms with Crippen LogP contribution in [0.15, 0.2) is 12.3 Å². The van der Waals surface area contributed by atoms with E-state index in [1.54, 1.807) is 0 Å². The summed E-state index contributed by atoms with van der Waals surface area (Å²) in [5.41, 5.74) is 5.15. The van der Waals surface area contributed by atoms with Crippen molar-refractivity contribution in [2.45, 2.75) is 0 Å². The van der Waals surface area contributed by atoms with Gasteiger partial charge >= 0.3 is 51.4 Å². The van der Waals surface area contributed by atoms with Crippen molar-refractivity contribution in [2.75, 3.05) is 5.73 Å². The molecule has 0 aromatic carbocycles. The summed E-state index contributed by atoms with van der Waals surface area (Å²) in [7, 11) is 0. The van der Waals surface area contributed by atoms with Crippen molar-refractivity contribution >= 4 is 23.3 Å². The van der Waals surface area contributed by atoms with Gasteiger partial charge in [0.15, 0.2) is 0 Å². The number of hydrogen-bond donors (Lipinski definition) is 1. The standard InChI is InChI=1S/C6H5ClN2O2.K/c7-4-3(8)1-2-9-5(4)6(10)11;/h1-2H,(H2,8,9)(H,10,11);/q;+1/p-1. The van der Waals surface area contributed by atoms with Gasteiger partial charge in [-0.25, -0.2) is 0 Å². The monoisotopic (exact) mass is 210 g/mol. The minimum atomic E-state index is -1.43. The van der Waals surface area contributed by atoms with Crippen LogP contribution in [0, 0.1) is 0 Å². The van der Waals surface area contributed by atoms with E-state index in [9.17, 15) is 9.90 Å². The molecule has 0 atom stereocenters. The molecule has 0 amide bonds. The SMILES string of the molecule is Nc1ccnc(C(=O)[O-])c1Cl.[K+]. The first-order valence-corrected chi connectivity index (χ1v) is 3.12. The van der Waals surface area contributed by atoms with Gasteiger partial charge < -0.3 is 15.6 Å². The van der Waals surface area contributed by atoms with Gasteiger partial charge in [-0.15, -0.1) is 0 Å². The summed E-state index contributed by atoms with van der Waals surface area (Å²) in [5, 5.41) is 10.2. The molecule has 1 heterocycles. The van der Waals surface area contributed by atoms with Gasteiger partial charge in [0.25, 0.3) is 0 Å². The van der Waals surface area contributed by atoms with Crippen LogP contribution in [0.3, 0.4) is 0 Å². The van der Waals surface area contributed by atoms with Crippen LogP contribution in [0.5, 0.6) is 0 Å². The number of aromatic carboxylic acids is 1. The summed E-state index contributed by atoms with van der Waals surface area (Å²) in [6, 6.07) is 1.41. The van der Waals surface area contributed by atoms with Crippen molar-refractivity contribution in [3.05, 3.63) is 23.0 Å². The molecule has 0 aliphatic rings. The minimum Gasteiger partial charge on any atom is -0.543 e. The van der Waals surface area contributed by atoms with Crippen LogP contribution >= 0.6 is 11.6 Å². The van der Waals surface area contributed by atoms with Gasteiger partial charge in [-0.3, -0.25) is 4.98 Å². The molecule has 0 saturated heterocycles. The molecule has 0 spiro atoms. The maximum Gasteiger partial charge on any atom is 1.00 e. The number of anilines is 1. The second-order valence-corrected chi connectivity index (χ2v) is 2.23. The van der Waals surface area contributed by atoms with Crippen LogP contribution in [0.4, 0.5) is 5.69 Å². The molecular weight excluding hydrogens is 207 g/mol. The fourth-order valence-corrected chi connectivity index (χ4v) is 0.790. The third-order valence-electron chi connectivity index (χ3n) is 1.11. The molecule has 6 heteroatoms. The van der Waals surface area contributed by atoms with Crippen LogP contribution in [0.25, 0.3) is 0 Å².